The van der Waals surface area contributed by atoms with E-state index in [-0.39, 0.29) is 17.3 Å². The number of rotatable bonds is 2. The van der Waals surface area contributed by atoms with E-state index in [1.54, 1.807) is 0 Å². The third-order valence-corrected chi connectivity index (χ3v) is 1.81. The lowest BCUT2D eigenvalue weighted by molar-refractivity contribution is 0.0987. The van der Waals surface area contributed by atoms with Crippen molar-refractivity contribution in [3.63, 3.8) is 0 Å². The number of hydrogen-bond donors (Lipinski definition) is 1. The lowest BCUT2D eigenvalue weighted by Crippen LogP contribution is -2.12. The van der Waals surface area contributed by atoms with Crippen molar-refractivity contribution in [3.05, 3.63) is 35.7 Å². The normalized spacial score (nSPS) is 10.4. The molecule has 0 saturated heterocycles. The van der Waals surface area contributed by atoms with Crippen LogP contribution >= 0.6 is 0 Å². The van der Waals surface area contributed by atoms with Gasteiger partial charge in [0.1, 0.15) is 0 Å². The van der Waals surface area contributed by atoms with Gasteiger partial charge in [0.2, 0.25) is 0 Å². The zero-order valence-electron chi connectivity index (χ0n) is 7.78. The molecule has 1 heterocycles. The predicted molar refractivity (Wildman–Crippen MR) is 48.2 cm³/mol. The van der Waals surface area contributed by atoms with Crippen LogP contribution in [0.1, 0.15) is 10.6 Å². The van der Waals surface area contributed by atoms with Crippen LogP contribution in [0, 0.1) is 11.6 Å². The standard InChI is InChI=1S/C9H5F2N3O2/c10-5-2-1-4(3-6(5)11)9-13-8(7(12)15)14-16-9/h1-3H,(H2,12,15). The first-order valence-corrected chi connectivity index (χ1v) is 4.17. The molecule has 16 heavy (non-hydrogen) atoms. The number of benzene rings is 1. The Morgan fingerprint density at radius 2 is 2.06 bits per heavy atom. The molecule has 0 radical (unpaired) electrons. The van der Waals surface area contributed by atoms with Crippen LogP contribution in [0.3, 0.4) is 0 Å². The molecule has 2 aromatic rings. The number of nitrogens with two attached hydrogens (primary N) is 1. The van der Waals surface area contributed by atoms with Crippen LogP contribution in [0.4, 0.5) is 8.78 Å². The van der Waals surface area contributed by atoms with Crippen molar-refractivity contribution < 1.29 is 18.1 Å². The highest BCUT2D eigenvalue weighted by molar-refractivity contribution is 5.88. The lowest BCUT2D eigenvalue weighted by Gasteiger charge is -1.94. The van der Waals surface area contributed by atoms with Gasteiger partial charge in [0.15, 0.2) is 11.6 Å². The number of aromatic nitrogens is 2. The van der Waals surface area contributed by atoms with Gasteiger partial charge < -0.3 is 10.3 Å². The van der Waals surface area contributed by atoms with Gasteiger partial charge in [0.05, 0.1) is 0 Å². The highest BCUT2D eigenvalue weighted by atomic mass is 19.2. The molecule has 0 atom stereocenters. The molecule has 1 amide bonds. The van der Waals surface area contributed by atoms with E-state index in [9.17, 15) is 13.6 Å². The van der Waals surface area contributed by atoms with Gasteiger partial charge in [-0.15, -0.1) is 0 Å². The van der Waals surface area contributed by atoms with Gasteiger partial charge >= 0.3 is 0 Å². The second-order valence-electron chi connectivity index (χ2n) is 2.92. The molecule has 1 aromatic carbocycles. The minimum absolute atomic E-state index is 0.104. The number of nitrogens with zero attached hydrogens (tertiary/aromatic N) is 2. The molecule has 0 bridgehead atoms. The van der Waals surface area contributed by atoms with Crippen LogP contribution in [0.15, 0.2) is 22.7 Å². The Morgan fingerprint density at radius 3 is 2.62 bits per heavy atom. The van der Waals surface area contributed by atoms with Crippen molar-refractivity contribution in [2.75, 3.05) is 0 Å². The number of hydrogen-bond acceptors (Lipinski definition) is 4. The summed E-state index contributed by atoms with van der Waals surface area (Å²) in [4.78, 5) is 14.3. The van der Waals surface area contributed by atoms with Crippen LogP contribution < -0.4 is 5.73 Å². The summed E-state index contributed by atoms with van der Waals surface area (Å²) in [6.45, 7) is 0. The molecule has 2 rings (SSSR count). The van der Waals surface area contributed by atoms with E-state index < -0.39 is 17.5 Å². The first kappa shape index (κ1) is 10.2. The van der Waals surface area contributed by atoms with E-state index in [4.69, 9.17) is 5.73 Å². The highest BCUT2D eigenvalue weighted by Crippen LogP contribution is 2.19. The maximum Gasteiger partial charge on any atom is 0.290 e. The predicted octanol–water partition coefficient (Wildman–Crippen LogP) is 1.11. The molecule has 2 N–H and O–H groups in total. The Morgan fingerprint density at radius 1 is 1.31 bits per heavy atom. The van der Waals surface area contributed by atoms with Gasteiger partial charge in [0.25, 0.3) is 17.6 Å². The SMILES string of the molecule is NC(=O)c1noc(-c2ccc(F)c(F)c2)n1. The highest BCUT2D eigenvalue weighted by Gasteiger charge is 2.14. The molecule has 7 heteroatoms. The average molecular weight is 225 g/mol. The second kappa shape index (κ2) is 3.69. The van der Waals surface area contributed by atoms with Crippen molar-refractivity contribution >= 4 is 5.91 Å². The Balaban J connectivity index is 2.42. The maximum atomic E-state index is 12.9. The van der Waals surface area contributed by atoms with Gasteiger partial charge in [-0.1, -0.05) is 5.16 Å². The lowest BCUT2D eigenvalue weighted by atomic mass is 10.2. The topological polar surface area (TPSA) is 82.0 Å². The second-order valence-corrected chi connectivity index (χ2v) is 2.92. The molecule has 0 saturated carbocycles. The zero-order valence-corrected chi connectivity index (χ0v) is 7.78. The van der Waals surface area contributed by atoms with Crippen molar-refractivity contribution in [2.45, 2.75) is 0 Å². The minimum Gasteiger partial charge on any atom is -0.363 e. The number of halogens is 2. The average Bonchev–Trinajstić information content (AvgIpc) is 2.71. The summed E-state index contributed by atoms with van der Waals surface area (Å²) in [6.07, 6.45) is 0. The van der Waals surface area contributed by atoms with Crippen LogP contribution in [0.5, 0.6) is 0 Å². The van der Waals surface area contributed by atoms with E-state index in [1.165, 1.54) is 6.07 Å². The van der Waals surface area contributed by atoms with Gasteiger partial charge in [-0.25, -0.2) is 8.78 Å². The maximum absolute atomic E-state index is 12.9. The van der Waals surface area contributed by atoms with Crippen LogP contribution in [-0.2, 0) is 0 Å². The monoisotopic (exact) mass is 225 g/mol. The van der Waals surface area contributed by atoms with Gasteiger partial charge in [-0.05, 0) is 18.2 Å². The van der Waals surface area contributed by atoms with E-state index in [0.717, 1.165) is 12.1 Å². The molecular weight excluding hydrogens is 220 g/mol. The van der Waals surface area contributed by atoms with Gasteiger partial charge in [-0.2, -0.15) is 4.98 Å². The summed E-state index contributed by atoms with van der Waals surface area (Å²) in [5.41, 5.74) is 5.07. The van der Waals surface area contributed by atoms with Crippen LogP contribution in [0.25, 0.3) is 11.5 Å². The smallest absolute Gasteiger partial charge is 0.290 e. The minimum atomic E-state index is -1.05. The van der Waals surface area contributed by atoms with Crippen molar-refractivity contribution in [2.24, 2.45) is 5.73 Å². The third-order valence-electron chi connectivity index (χ3n) is 1.81. The fraction of sp³-hybridized carbons (Fsp3) is 0. The summed E-state index contributed by atoms with van der Waals surface area (Å²) >= 11 is 0. The zero-order chi connectivity index (χ0) is 11.7. The molecule has 1 aromatic heterocycles. The summed E-state index contributed by atoms with van der Waals surface area (Å²) in [6, 6.07) is 3.04. The summed E-state index contributed by atoms with van der Waals surface area (Å²) < 4.78 is 30.2. The number of carbonyl (C=O) groups is 1. The summed E-state index contributed by atoms with van der Waals surface area (Å²) in [7, 11) is 0. The largest absolute Gasteiger partial charge is 0.363 e. The van der Waals surface area contributed by atoms with E-state index in [2.05, 4.69) is 14.7 Å². The van der Waals surface area contributed by atoms with Crippen molar-refractivity contribution in [1.29, 1.82) is 0 Å². The van der Waals surface area contributed by atoms with Crippen LogP contribution in [0.2, 0.25) is 0 Å². The fourth-order valence-corrected chi connectivity index (χ4v) is 1.07. The van der Waals surface area contributed by atoms with Gasteiger partial charge in [0, 0.05) is 5.56 Å². The number of primary amides is 1. The molecule has 0 spiro atoms. The molecule has 0 fully saturated rings. The molecule has 0 aliphatic rings. The Kier molecular flexibility index (Phi) is 2.35. The summed E-state index contributed by atoms with van der Waals surface area (Å²) in [5, 5.41) is 3.27. The fourth-order valence-electron chi connectivity index (χ4n) is 1.07. The Labute approximate surface area is 87.9 Å². The molecule has 0 unspecified atom stereocenters. The Bertz CT molecular complexity index is 553. The van der Waals surface area contributed by atoms with Crippen molar-refractivity contribution in [3.8, 4) is 11.5 Å². The first-order valence-electron chi connectivity index (χ1n) is 4.17. The molecular formula is C9H5F2N3O2. The van der Waals surface area contributed by atoms with Crippen molar-refractivity contribution in [1.82, 2.24) is 10.1 Å². The molecule has 82 valence electrons. The third kappa shape index (κ3) is 1.74. The van der Waals surface area contributed by atoms with Crippen LogP contribution in [-0.4, -0.2) is 16.0 Å². The molecule has 0 aliphatic carbocycles. The first-order chi connectivity index (χ1) is 7.58. The van der Waals surface area contributed by atoms with E-state index in [0.29, 0.717) is 0 Å². The Hall–Kier alpha value is -2.31. The van der Waals surface area contributed by atoms with E-state index >= 15 is 0 Å². The summed E-state index contributed by atoms with van der Waals surface area (Å²) in [5.74, 6) is -3.32. The molecule has 5 nitrogen and oxygen atoms in total. The quantitative estimate of drug-likeness (QED) is 0.829. The number of carbonyl (C=O) groups excluding carboxylic acids is 1. The van der Waals surface area contributed by atoms with E-state index in [1.807, 2.05) is 0 Å². The molecule has 0 aliphatic heterocycles. The van der Waals surface area contributed by atoms with Gasteiger partial charge in [-0.3, -0.25) is 4.79 Å². The number of amides is 1.